The lowest BCUT2D eigenvalue weighted by Crippen LogP contribution is -1.97. The van der Waals surface area contributed by atoms with E-state index in [1.54, 1.807) is 35.3 Å². The number of hydrogen-bond acceptors (Lipinski definition) is 3. The van der Waals surface area contributed by atoms with E-state index in [0.29, 0.717) is 17.3 Å². The Morgan fingerprint density at radius 3 is 2.52 bits per heavy atom. The molecular formula is C18H17N3O2. The second kappa shape index (κ2) is 6.04. The zero-order valence-electron chi connectivity index (χ0n) is 13.0. The molecule has 1 aromatic heterocycles. The van der Waals surface area contributed by atoms with Gasteiger partial charge in [-0.3, -0.25) is 0 Å². The molecule has 0 saturated carbocycles. The molecule has 0 aliphatic carbocycles. The van der Waals surface area contributed by atoms with Crippen molar-refractivity contribution in [3.8, 4) is 17.1 Å². The quantitative estimate of drug-likeness (QED) is 0.797. The van der Waals surface area contributed by atoms with Crippen molar-refractivity contribution in [3.63, 3.8) is 0 Å². The first-order valence-corrected chi connectivity index (χ1v) is 7.40. The van der Waals surface area contributed by atoms with Crippen LogP contribution in [0.15, 0.2) is 54.9 Å². The van der Waals surface area contributed by atoms with Crippen LogP contribution >= 0.6 is 0 Å². The highest BCUT2D eigenvalue weighted by Gasteiger charge is 2.09. The smallest absolute Gasteiger partial charge is 0.335 e. The number of hydrogen-bond donors (Lipinski definition) is 1. The van der Waals surface area contributed by atoms with Gasteiger partial charge in [-0.05, 0) is 35.7 Å². The highest BCUT2D eigenvalue weighted by atomic mass is 16.4. The Bertz CT molecular complexity index is 835. The molecule has 0 aliphatic rings. The summed E-state index contributed by atoms with van der Waals surface area (Å²) in [4.78, 5) is 15.3. The average Bonchev–Trinajstić information content (AvgIpc) is 3.05. The van der Waals surface area contributed by atoms with Gasteiger partial charge < -0.3 is 5.11 Å². The lowest BCUT2D eigenvalue weighted by Gasteiger charge is -2.06. The van der Waals surface area contributed by atoms with E-state index in [-0.39, 0.29) is 5.56 Å². The normalized spacial score (nSPS) is 10.9. The number of aromatic nitrogens is 3. The number of benzene rings is 2. The molecule has 0 aliphatic heterocycles. The Hall–Kier alpha value is -2.95. The Kier molecular flexibility index (Phi) is 3.93. The molecule has 1 heterocycles. The number of carbonyl (C=O) groups is 1. The zero-order chi connectivity index (χ0) is 16.4. The van der Waals surface area contributed by atoms with Crippen LogP contribution < -0.4 is 0 Å². The van der Waals surface area contributed by atoms with Crippen LogP contribution in [0.1, 0.15) is 35.7 Å². The summed E-state index contributed by atoms with van der Waals surface area (Å²) in [5.41, 5.74) is 3.09. The van der Waals surface area contributed by atoms with Crippen LogP contribution in [0.25, 0.3) is 17.1 Å². The second-order valence-corrected chi connectivity index (χ2v) is 5.64. The molecule has 0 radical (unpaired) electrons. The van der Waals surface area contributed by atoms with Gasteiger partial charge in [0.05, 0.1) is 11.3 Å². The van der Waals surface area contributed by atoms with E-state index in [1.165, 1.54) is 5.56 Å². The van der Waals surface area contributed by atoms with Crippen LogP contribution in [-0.4, -0.2) is 25.8 Å². The molecule has 0 fully saturated rings. The summed E-state index contributed by atoms with van der Waals surface area (Å²) in [5, 5.41) is 13.5. The van der Waals surface area contributed by atoms with Crippen LogP contribution in [-0.2, 0) is 0 Å². The van der Waals surface area contributed by atoms with Crippen molar-refractivity contribution in [1.82, 2.24) is 14.8 Å². The van der Waals surface area contributed by atoms with Crippen molar-refractivity contribution >= 4 is 5.97 Å². The zero-order valence-corrected chi connectivity index (χ0v) is 13.0. The number of aromatic carboxylic acids is 1. The molecule has 1 N–H and O–H groups in total. The minimum Gasteiger partial charge on any atom is -0.478 e. The van der Waals surface area contributed by atoms with E-state index in [9.17, 15) is 4.79 Å². The second-order valence-electron chi connectivity index (χ2n) is 5.64. The summed E-state index contributed by atoms with van der Waals surface area (Å²) >= 11 is 0. The molecule has 0 atom stereocenters. The summed E-state index contributed by atoms with van der Waals surface area (Å²) in [6.45, 7) is 4.30. The first kappa shape index (κ1) is 15.0. The predicted molar refractivity (Wildman–Crippen MR) is 87.8 cm³/mol. The van der Waals surface area contributed by atoms with Crippen molar-refractivity contribution in [1.29, 1.82) is 0 Å². The van der Waals surface area contributed by atoms with Gasteiger partial charge in [0.2, 0.25) is 0 Å². The highest BCUT2D eigenvalue weighted by molar-refractivity contribution is 5.89. The molecule has 5 nitrogen and oxygen atoms in total. The summed E-state index contributed by atoms with van der Waals surface area (Å²) in [5.74, 6) is 0.0192. The fourth-order valence-corrected chi connectivity index (χ4v) is 2.32. The predicted octanol–water partition coefficient (Wildman–Crippen LogP) is 3.76. The fourth-order valence-electron chi connectivity index (χ4n) is 2.32. The van der Waals surface area contributed by atoms with E-state index in [2.05, 4.69) is 36.1 Å². The molecule has 0 unspecified atom stereocenters. The summed E-state index contributed by atoms with van der Waals surface area (Å²) < 4.78 is 1.69. The minimum atomic E-state index is -0.962. The molecule has 23 heavy (non-hydrogen) atoms. The maximum Gasteiger partial charge on any atom is 0.335 e. The third-order valence-corrected chi connectivity index (χ3v) is 3.68. The lowest BCUT2D eigenvalue weighted by molar-refractivity contribution is 0.0697. The number of nitrogens with zero attached hydrogens (tertiary/aromatic N) is 3. The van der Waals surface area contributed by atoms with E-state index >= 15 is 0 Å². The van der Waals surface area contributed by atoms with Gasteiger partial charge in [0.25, 0.3) is 0 Å². The largest absolute Gasteiger partial charge is 0.478 e. The van der Waals surface area contributed by atoms with E-state index in [1.807, 2.05) is 12.1 Å². The monoisotopic (exact) mass is 307 g/mol. The number of carboxylic acid groups (broad SMARTS) is 1. The molecule has 3 aromatic rings. The minimum absolute atomic E-state index is 0.222. The highest BCUT2D eigenvalue weighted by Crippen LogP contribution is 2.19. The summed E-state index contributed by atoms with van der Waals surface area (Å²) in [6.07, 6.45) is 1.63. The van der Waals surface area contributed by atoms with E-state index in [4.69, 9.17) is 5.11 Å². The molecule has 0 amide bonds. The van der Waals surface area contributed by atoms with Gasteiger partial charge >= 0.3 is 5.97 Å². The van der Waals surface area contributed by atoms with E-state index < -0.39 is 5.97 Å². The third-order valence-electron chi connectivity index (χ3n) is 3.68. The molecule has 2 aromatic carbocycles. The SMILES string of the molecule is CC(C)c1ccc(-n2cnc(-c3cccc(C(=O)O)c3)n2)cc1. The van der Waals surface area contributed by atoms with Gasteiger partial charge in [-0.25, -0.2) is 14.5 Å². The number of rotatable bonds is 4. The van der Waals surface area contributed by atoms with Gasteiger partial charge in [-0.1, -0.05) is 38.1 Å². The van der Waals surface area contributed by atoms with Gasteiger partial charge in [-0.2, -0.15) is 0 Å². The van der Waals surface area contributed by atoms with Gasteiger partial charge in [0.1, 0.15) is 6.33 Å². The maximum absolute atomic E-state index is 11.1. The van der Waals surface area contributed by atoms with Gasteiger partial charge in [-0.15, -0.1) is 5.10 Å². The van der Waals surface area contributed by atoms with Gasteiger partial charge in [0, 0.05) is 5.56 Å². The average molecular weight is 307 g/mol. The molecule has 0 spiro atoms. The molecule has 0 bridgehead atoms. The fraction of sp³-hybridized carbons (Fsp3) is 0.167. The Morgan fingerprint density at radius 1 is 1.13 bits per heavy atom. The van der Waals surface area contributed by atoms with E-state index in [0.717, 1.165) is 5.69 Å². The Labute approximate surface area is 134 Å². The summed E-state index contributed by atoms with van der Waals surface area (Å²) in [7, 11) is 0. The van der Waals surface area contributed by atoms with Crippen molar-refractivity contribution in [2.45, 2.75) is 19.8 Å². The maximum atomic E-state index is 11.1. The Balaban J connectivity index is 1.91. The van der Waals surface area contributed by atoms with Gasteiger partial charge in [0.15, 0.2) is 5.82 Å². The standard InChI is InChI=1S/C18H17N3O2/c1-12(2)13-6-8-16(9-7-13)21-11-19-17(20-21)14-4-3-5-15(10-14)18(22)23/h3-12H,1-2H3,(H,22,23). The molecule has 5 heteroatoms. The number of carboxylic acids is 1. The van der Waals surface area contributed by atoms with Crippen LogP contribution in [0.2, 0.25) is 0 Å². The van der Waals surface area contributed by atoms with Crippen LogP contribution in [0.3, 0.4) is 0 Å². The topological polar surface area (TPSA) is 68.0 Å². The van der Waals surface area contributed by atoms with Crippen LogP contribution in [0.5, 0.6) is 0 Å². The molecular weight excluding hydrogens is 290 g/mol. The third kappa shape index (κ3) is 3.13. The lowest BCUT2D eigenvalue weighted by atomic mass is 10.0. The first-order chi connectivity index (χ1) is 11.0. The van der Waals surface area contributed by atoms with Crippen molar-refractivity contribution in [2.24, 2.45) is 0 Å². The van der Waals surface area contributed by atoms with Crippen molar-refractivity contribution in [2.75, 3.05) is 0 Å². The molecule has 0 saturated heterocycles. The van der Waals surface area contributed by atoms with Crippen LogP contribution in [0, 0.1) is 0 Å². The van der Waals surface area contributed by atoms with Crippen molar-refractivity contribution in [3.05, 3.63) is 66.0 Å². The molecule has 116 valence electrons. The summed E-state index contributed by atoms with van der Waals surface area (Å²) in [6, 6.07) is 14.8. The van der Waals surface area contributed by atoms with Crippen molar-refractivity contribution < 1.29 is 9.90 Å². The molecule has 3 rings (SSSR count). The Morgan fingerprint density at radius 2 is 1.87 bits per heavy atom. The first-order valence-electron chi connectivity index (χ1n) is 7.40. The van der Waals surface area contributed by atoms with Crippen LogP contribution in [0.4, 0.5) is 0 Å².